The Morgan fingerprint density at radius 1 is 1.33 bits per heavy atom. The number of hydrogen-bond donors (Lipinski definition) is 1. The molecule has 1 aromatic rings. The van der Waals surface area contributed by atoms with E-state index in [1.54, 1.807) is 6.26 Å². The van der Waals surface area contributed by atoms with Gasteiger partial charge in [-0.25, -0.2) is 0 Å². The second-order valence-corrected chi connectivity index (χ2v) is 5.61. The lowest BCUT2D eigenvalue weighted by molar-refractivity contribution is 0.253. The van der Waals surface area contributed by atoms with E-state index in [-0.39, 0.29) is 0 Å². The molecule has 1 N–H and O–H groups in total. The summed E-state index contributed by atoms with van der Waals surface area (Å²) in [4.78, 5) is 2.34. The highest BCUT2D eigenvalue weighted by molar-refractivity contribution is 5.16. The average molecular weight is 252 g/mol. The van der Waals surface area contributed by atoms with Gasteiger partial charge in [-0.1, -0.05) is 34.1 Å². The molecule has 1 atom stereocenters. The Balaban J connectivity index is 2.48. The van der Waals surface area contributed by atoms with E-state index < -0.39 is 0 Å². The second-order valence-electron chi connectivity index (χ2n) is 5.61. The van der Waals surface area contributed by atoms with Crippen LogP contribution in [-0.4, -0.2) is 24.5 Å². The van der Waals surface area contributed by atoms with Gasteiger partial charge in [-0.05, 0) is 19.0 Å². The van der Waals surface area contributed by atoms with Crippen molar-refractivity contribution in [2.45, 2.75) is 53.2 Å². The molecule has 0 amide bonds. The van der Waals surface area contributed by atoms with Crippen LogP contribution in [0.2, 0.25) is 0 Å². The monoisotopic (exact) mass is 252 g/mol. The Hall–Kier alpha value is -0.800. The van der Waals surface area contributed by atoms with E-state index in [2.05, 4.69) is 51.0 Å². The summed E-state index contributed by atoms with van der Waals surface area (Å²) in [5.74, 6) is 1.83. The van der Waals surface area contributed by atoms with Crippen LogP contribution in [0.1, 0.15) is 45.4 Å². The van der Waals surface area contributed by atoms with Gasteiger partial charge in [0.15, 0.2) is 0 Å². The van der Waals surface area contributed by atoms with Crippen LogP contribution in [0, 0.1) is 5.92 Å². The molecule has 1 rings (SSSR count). The quantitative estimate of drug-likeness (QED) is 0.770. The van der Waals surface area contributed by atoms with Gasteiger partial charge in [0.1, 0.15) is 5.76 Å². The van der Waals surface area contributed by atoms with Crippen LogP contribution >= 0.6 is 0 Å². The summed E-state index contributed by atoms with van der Waals surface area (Å²) in [6.07, 6.45) is 3.02. The van der Waals surface area contributed by atoms with Gasteiger partial charge >= 0.3 is 0 Å². The minimum Gasteiger partial charge on any atom is -0.468 e. The van der Waals surface area contributed by atoms with Gasteiger partial charge in [-0.15, -0.1) is 0 Å². The first kappa shape index (κ1) is 15.3. The molecule has 0 saturated heterocycles. The molecule has 0 bridgehead atoms. The minimum absolute atomic E-state index is 0.505. The van der Waals surface area contributed by atoms with E-state index in [4.69, 9.17) is 4.42 Å². The number of nitrogens with one attached hydrogen (secondary N) is 1. The molecule has 104 valence electrons. The smallest absolute Gasteiger partial charge is 0.122 e. The summed E-state index contributed by atoms with van der Waals surface area (Å²) in [7, 11) is 2.16. The SMILES string of the molecule is CCC(C)CN(C)Cc1occc1CNC(C)C. The van der Waals surface area contributed by atoms with Crippen molar-refractivity contribution in [3.63, 3.8) is 0 Å². The zero-order valence-corrected chi connectivity index (χ0v) is 12.5. The number of nitrogens with zero attached hydrogens (tertiary/aromatic N) is 1. The maximum atomic E-state index is 5.60. The molecule has 18 heavy (non-hydrogen) atoms. The van der Waals surface area contributed by atoms with Crippen LogP contribution in [0.25, 0.3) is 0 Å². The first-order valence-corrected chi connectivity index (χ1v) is 7.00. The molecule has 1 aromatic heterocycles. The first-order chi connectivity index (χ1) is 8.52. The van der Waals surface area contributed by atoms with Crippen LogP contribution in [0.4, 0.5) is 0 Å². The van der Waals surface area contributed by atoms with Crippen LogP contribution in [-0.2, 0) is 13.1 Å². The van der Waals surface area contributed by atoms with E-state index in [9.17, 15) is 0 Å². The van der Waals surface area contributed by atoms with Crippen LogP contribution in [0.5, 0.6) is 0 Å². The molecule has 0 radical (unpaired) electrons. The Labute approximate surface area is 112 Å². The van der Waals surface area contributed by atoms with Crippen LogP contribution in [0.15, 0.2) is 16.7 Å². The second kappa shape index (κ2) is 7.59. The van der Waals surface area contributed by atoms with Crippen molar-refractivity contribution in [2.24, 2.45) is 5.92 Å². The van der Waals surface area contributed by atoms with E-state index in [0.29, 0.717) is 6.04 Å². The molecular formula is C15H28N2O. The Morgan fingerprint density at radius 2 is 2.06 bits per heavy atom. The van der Waals surface area contributed by atoms with E-state index in [1.807, 2.05) is 0 Å². The molecule has 0 aliphatic carbocycles. The number of furan rings is 1. The predicted molar refractivity (Wildman–Crippen MR) is 76.5 cm³/mol. The Kier molecular flexibility index (Phi) is 6.44. The fourth-order valence-corrected chi connectivity index (χ4v) is 1.95. The zero-order chi connectivity index (χ0) is 13.5. The number of rotatable bonds is 8. The molecule has 1 heterocycles. The molecule has 0 fully saturated rings. The highest BCUT2D eigenvalue weighted by atomic mass is 16.3. The topological polar surface area (TPSA) is 28.4 Å². The van der Waals surface area contributed by atoms with Gasteiger partial charge in [0.25, 0.3) is 0 Å². The fraction of sp³-hybridized carbons (Fsp3) is 0.733. The minimum atomic E-state index is 0.505. The molecule has 0 spiro atoms. The summed E-state index contributed by atoms with van der Waals surface area (Å²) < 4.78 is 5.60. The van der Waals surface area contributed by atoms with Crippen molar-refractivity contribution in [1.29, 1.82) is 0 Å². The lowest BCUT2D eigenvalue weighted by Crippen LogP contribution is -2.25. The summed E-state index contributed by atoms with van der Waals surface area (Å²) in [6, 6.07) is 2.58. The summed E-state index contributed by atoms with van der Waals surface area (Å²) in [6.45, 7) is 11.8. The Morgan fingerprint density at radius 3 is 2.67 bits per heavy atom. The van der Waals surface area contributed by atoms with Gasteiger partial charge in [0.2, 0.25) is 0 Å². The molecule has 0 aliphatic heterocycles. The lowest BCUT2D eigenvalue weighted by Gasteiger charge is -2.20. The van der Waals surface area contributed by atoms with Crippen LogP contribution < -0.4 is 5.32 Å². The molecule has 1 unspecified atom stereocenters. The molecule has 3 heteroatoms. The van der Waals surface area contributed by atoms with E-state index >= 15 is 0 Å². The van der Waals surface area contributed by atoms with Gasteiger partial charge in [0.05, 0.1) is 12.8 Å². The van der Waals surface area contributed by atoms with Crippen LogP contribution in [0.3, 0.4) is 0 Å². The van der Waals surface area contributed by atoms with E-state index in [1.165, 1.54) is 12.0 Å². The first-order valence-electron chi connectivity index (χ1n) is 7.00. The van der Waals surface area contributed by atoms with Crippen molar-refractivity contribution in [1.82, 2.24) is 10.2 Å². The Bertz CT molecular complexity index is 333. The van der Waals surface area contributed by atoms with Crippen molar-refractivity contribution in [3.05, 3.63) is 23.7 Å². The maximum Gasteiger partial charge on any atom is 0.122 e. The highest BCUT2D eigenvalue weighted by Gasteiger charge is 2.11. The van der Waals surface area contributed by atoms with Gasteiger partial charge in [0, 0.05) is 24.7 Å². The maximum absolute atomic E-state index is 5.60. The third-order valence-corrected chi connectivity index (χ3v) is 3.27. The lowest BCUT2D eigenvalue weighted by atomic mass is 10.1. The molecule has 0 aliphatic rings. The predicted octanol–water partition coefficient (Wildman–Crippen LogP) is 3.26. The fourth-order valence-electron chi connectivity index (χ4n) is 1.95. The third kappa shape index (κ3) is 5.23. The van der Waals surface area contributed by atoms with Gasteiger partial charge < -0.3 is 9.73 Å². The highest BCUT2D eigenvalue weighted by Crippen LogP contribution is 2.14. The average Bonchev–Trinajstić information content (AvgIpc) is 2.73. The van der Waals surface area contributed by atoms with Crippen molar-refractivity contribution < 1.29 is 4.42 Å². The standard InChI is InChI=1S/C15H28N2O/c1-6-13(4)10-17(5)11-15-14(7-8-18-15)9-16-12(2)3/h7-8,12-13,16H,6,9-11H2,1-5H3. The molecule has 0 saturated carbocycles. The van der Waals surface area contributed by atoms with Gasteiger partial charge in [-0.3, -0.25) is 4.90 Å². The normalized spacial score (nSPS) is 13.5. The van der Waals surface area contributed by atoms with Crippen molar-refractivity contribution in [3.8, 4) is 0 Å². The molecule has 0 aromatic carbocycles. The molecule has 3 nitrogen and oxygen atoms in total. The molecular weight excluding hydrogens is 224 g/mol. The summed E-state index contributed by atoms with van der Waals surface area (Å²) in [5, 5.41) is 3.43. The zero-order valence-electron chi connectivity index (χ0n) is 12.5. The van der Waals surface area contributed by atoms with Crippen molar-refractivity contribution in [2.75, 3.05) is 13.6 Å². The number of hydrogen-bond acceptors (Lipinski definition) is 3. The van der Waals surface area contributed by atoms with Gasteiger partial charge in [-0.2, -0.15) is 0 Å². The third-order valence-electron chi connectivity index (χ3n) is 3.27. The largest absolute Gasteiger partial charge is 0.468 e. The summed E-state index contributed by atoms with van der Waals surface area (Å²) >= 11 is 0. The van der Waals surface area contributed by atoms with E-state index in [0.717, 1.165) is 31.3 Å². The van der Waals surface area contributed by atoms with Crippen molar-refractivity contribution >= 4 is 0 Å². The summed E-state index contributed by atoms with van der Waals surface area (Å²) in [5.41, 5.74) is 1.28.